The third kappa shape index (κ3) is 3.42. The molecule has 2 rings (SSSR count). The molecule has 0 aliphatic carbocycles. The Bertz CT molecular complexity index is 507. The average Bonchev–Trinajstić information content (AvgIpc) is 2.25. The molecule has 17 heavy (non-hydrogen) atoms. The van der Waals surface area contributed by atoms with Gasteiger partial charge in [0.1, 0.15) is 0 Å². The van der Waals surface area contributed by atoms with E-state index < -0.39 is 0 Å². The highest BCUT2D eigenvalue weighted by Crippen LogP contribution is 2.19. The number of aromatic nitrogens is 3. The number of rotatable bonds is 3. The summed E-state index contributed by atoms with van der Waals surface area (Å²) in [6.45, 7) is 3.94. The van der Waals surface area contributed by atoms with Gasteiger partial charge in [-0.3, -0.25) is 4.98 Å². The van der Waals surface area contributed by atoms with Crippen molar-refractivity contribution in [2.75, 3.05) is 5.73 Å². The van der Waals surface area contributed by atoms with E-state index in [-0.39, 0.29) is 0 Å². The third-order valence-electron chi connectivity index (χ3n) is 2.15. The topological polar surface area (TPSA) is 64.7 Å². The average molecular weight is 246 g/mol. The van der Waals surface area contributed by atoms with E-state index in [2.05, 4.69) is 15.0 Å². The van der Waals surface area contributed by atoms with Crippen molar-refractivity contribution in [2.45, 2.75) is 24.8 Å². The first-order chi connectivity index (χ1) is 8.13. The predicted octanol–water partition coefficient (Wildman–Crippen LogP) is 2.36. The fraction of sp³-hybridized carbons (Fsp3) is 0.250. The minimum atomic E-state index is 0.730. The van der Waals surface area contributed by atoms with Gasteiger partial charge in [-0.15, -0.1) is 0 Å². The van der Waals surface area contributed by atoms with Crippen LogP contribution in [0.1, 0.15) is 17.1 Å². The summed E-state index contributed by atoms with van der Waals surface area (Å²) < 4.78 is 0. The van der Waals surface area contributed by atoms with Gasteiger partial charge in [-0.2, -0.15) is 0 Å². The van der Waals surface area contributed by atoms with Crippen LogP contribution < -0.4 is 5.73 Å². The SMILES string of the molecule is Cc1cc(C)nc(SCc2cc(N)ccn2)n1. The summed E-state index contributed by atoms with van der Waals surface area (Å²) in [6, 6.07) is 5.61. The van der Waals surface area contributed by atoms with Crippen LogP contribution in [0, 0.1) is 13.8 Å². The first kappa shape index (κ1) is 11.9. The molecule has 0 aliphatic rings. The van der Waals surface area contributed by atoms with Crippen molar-refractivity contribution >= 4 is 17.4 Å². The highest BCUT2D eigenvalue weighted by molar-refractivity contribution is 7.98. The summed E-state index contributed by atoms with van der Waals surface area (Å²) in [6.07, 6.45) is 1.72. The first-order valence-electron chi connectivity index (χ1n) is 5.29. The van der Waals surface area contributed by atoms with Crippen LogP contribution in [0.5, 0.6) is 0 Å². The lowest BCUT2D eigenvalue weighted by atomic mass is 10.3. The van der Waals surface area contributed by atoms with E-state index in [9.17, 15) is 0 Å². The van der Waals surface area contributed by atoms with Gasteiger partial charge < -0.3 is 5.73 Å². The number of aryl methyl sites for hydroxylation is 2. The van der Waals surface area contributed by atoms with Crippen LogP contribution in [-0.4, -0.2) is 15.0 Å². The molecule has 0 atom stereocenters. The van der Waals surface area contributed by atoms with Crippen molar-refractivity contribution in [3.8, 4) is 0 Å². The number of hydrogen-bond acceptors (Lipinski definition) is 5. The van der Waals surface area contributed by atoms with Gasteiger partial charge in [-0.1, -0.05) is 11.8 Å². The summed E-state index contributed by atoms with van der Waals surface area (Å²) in [5, 5.41) is 0.784. The molecule has 0 amide bonds. The molecule has 0 bridgehead atoms. The lowest BCUT2D eigenvalue weighted by molar-refractivity contribution is 0.901. The predicted molar refractivity (Wildman–Crippen MR) is 69.7 cm³/mol. The second-order valence-electron chi connectivity index (χ2n) is 3.80. The maximum absolute atomic E-state index is 5.70. The van der Waals surface area contributed by atoms with Crippen LogP contribution in [0.4, 0.5) is 5.69 Å². The molecule has 88 valence electrons. The summed E-state index contributed by atoms with van der Waals surface area (Å²) in [5.41, 5.74) is 9.34. The molecule has 0 saturated heterocycles. The van der Waals surface area contributed by atoms with Crippen molar-refractivity contribution in [3.63, 3.8) is 0 Å². The second kappa shape index (κ2) is 5.14. The summed E-state index contributed by atoms with van der Waals surface area (Å²) in [7, 11) is 0. The van der Waals surface area contributed by atoms with Crippen molar-refractivity contribution < 1.29 is 0 Å². The maximum atomic E-state index is 5.70. The highest BCUT2D eigenvalue weighted by Gasteiger charge is 2.02. The van der Waals surface area contributed by atoms with E-state index in [1.54, 1.807) is 24.0 Å². The molecule has 2 aromatic rings. The number of hydrogen-bond donors (Lipinski definition) is 1. The zero-order valence-electron chi connectivity index (χ0n) is 9.84. The Morgan fingerprint density at radius 3 is 2.53 bits per heavy atom. The van der Waals surface area contributed by atoms with Crippen LogP contribution in [0.2, 0.25) is 0 Å². The number of nitrogens with two attached hydrogens (primary N) is 1. The molecule has 4 nitrogen and oxygen atoms in total. The Labute approximate surface area is 105 Å². The van der Waals surface area contributed by atoms with E-state index in [4.69, 9.17) is 5.73 Å². The van der Waals surface area contributed by atoms with Gasteiger partial charge >= 0.3 is 0 Å². The Balaban J connectivity index is 2.07. The molecular formula is C12H14N4S. The van der Waals surface area contributed by atoms with Crippen LogP contribution in [0.3, 0.4) is 0 Å². The molecule has 2 N–H and O–H groups in total. The Kier molecular flexibility index (Phi) is 3.58. The molecule has 5 heteroatoms. The Hall–Kier alpha value is -1.62. The Morgan fingerprint density at radius 1 is 1.18 bits per heavy atom. The lowest BCUT2D eigenvalue weighted by Gasteiger charge is -2.03. The van der Waals surface area contributed by atoms with Crippen LogP contribution in [-0.2, 0) is 5.75 Å². The van der Waals surface area contributed by atoms with Crippen molar-refractivity contribution in [1.82, 2.24) is 15.0 Å². The van der Waals surface area contributed by atoms with Crippen molar-refractivity contribution in [1.29, 1.82) is 0 Å². The van der Waals surface area contributed by atoms with E-state index >= 15 is 0 Å². The molecule has 0 unspecified atom stereocenters. The first-order valence-corrected chi connectivity index (χ1v) is 6.27. The maximum Gasteiger partial charge on any atom is 0.188 e. The third-order valence-corrected chi connectivity index (χ3v) is 3.03. The summed E-state index contributed by atoms with van der Waals surface area (Å²) in [5.74, 6) is 0.730. The number of anilines is 1. The normalized spacial score (nSPS) is 10.5. The van der Waals surface area contributed by atoms with Gasteiger partial charge in [0.2, 0.25) is 0 Å². The second-order valence-corrected chi connectivity index (χ2v) is 4.74. The zero-order valence-corrected chi connectivity index (χ0v) is 10.7. The lowest BCUT2D eigenvalue weighted by Crippen LogP contribution is -1.95. The van der Waals surface area contributed by atoms with Crippen molar-refractivity contribution in [3.05, 3.63) is 41.5 Å². The van der Waals surface area contributed by atoms with Gasteiger partial charge in [0, 0.05) is 29.0 Å². The Morgan fingerprint density at radius 2 is 1.88 bits per heavy atom. The van der Waals surface area contributed by atoms with Gasteiger partial charge in [0.15, 0.2) is 5.16 Å². The largest absolute Gasteiger partial charge is 0.399 e. The monoisotopic (exact) mass is 246 g/mol. The van der Waals surface area contributed by atoms with Gasteiger partial charge in [-0.25, -0.2) is 9.97 Å². The minimum Gasteiger partial charge on any atom is -0.399 e. The molecule has 0 saturated carbocycles. The number of nitrogens with zero attached hydrogens (tertiary/aromatic N) is 3. The zero-order chi connectivity index (χ0) is 12.3. The molecule has 0 aromatic carbocycles. The minimum absolute atomic E-state index is 0.730. The van der Waals surface area contributed by atoms with E-state index in [1.165, 1.54) is 0 Å². The molecule has 0 fully saturated rings. The molecule has 2 heterocycles. The number of pyridine rings is 1. The van der Waals surface area contributed by atoms with Gasteiger partial charge in [0.05, 0.1) is 5.69 Å². The van der Waals surface area contributed by atoms with Gasteiger partial charge in [0.25, 0.3) is 0 Å². The van der Waals surface area contributed by atoms with Crippen LogP contribution in [0.15, 0.2) is 29.6 Å². The molecule has 0 radical (unpaired) electrons. The van der Waals surface area contributed by atoms with Crippen molar-refractivity contribution in [2.24, 2.45) is 0 Å². The molecular weight excluding hydrogens is 232 g/mol. The number of thioether (sulfide) groups is 1. The molecule has 0 aliphatic heterocycles. The quantitative estimate of drug-likeness (QED) is 0.665. The fourth-order valence-electron chi connectivity index (χ4n) is 1.47. The smallest absolute Gasteiger partial charge is 0.188 e. The summed E-state index contributed by atoms with van der Waals surface area (Å²) >= 11 is 1.57. The number of nitrogen functional groups attached to an aromatic ring is 1. The molecule has 0 spiro atoms. The van der Waals surface area contributed by atoms with E-state index in [0.717, 1.165) is 33.7 Å². The van der Waals surface area contributed by atoms with Gasteiger partial charge in [-0.05, 0) is 32.0 Å². The summed E-state index contributed by atoms with van der Waals surface area (Å²) in [4.78, 5) is 13.0. The highest BCUT2D eigenvalue weighted by atomic mass is 32.2. The fourth-order valence-corrected chi connectivity index (χ4v) is 2.32. The van der Waals surface area contributed by atoms with E-state index in [0.29, 0.717) is 0 Å². The van der Waals surface area contributed by atoms with Crippen LogP contribution in [0.25, 0.3) is 0 Å². The van der Waals surface area contributed by atoms with Crippen LogP contribution >= 0.6 is 11.8 Å². The molecule has 2 aromatic heterocycles. The van der Waals surface area contributed by atoms with E-state index in [1.807, 2.05) is 26.0 Å². The standard InChI is InChI=1S/C12H14N4S/c1-8-5-9(2)16-12(15-8)17-7-11-6-10(13)3-4-14-11/h3-6H,7H2,1-2H3,(H2,13,14).